The lowest BCUT2D eigenvalue weighted by molar-refractivity contribution is 0.174. The van der Waals surface area contributed by atoms with Crippen LogP contribution < -0.4 is 14.8 Å². The third-order valence-electron chi connectivity index (χ3n) is 4.59. The topological polar surface area (TPSA) is 50.7 Å². The minimum atomic E-state index is -0.586. The second-order valence-electron chi connectivity index (χ2n) is 6.93. The molecule has 0 aliphatic carbocycles. The van der Waals surface area contributed by atoms with Crippen molar-refractivity contribution < 1.29 is 14.6 Å². The predicted molar refractivity (Wildman–Crippen MR) is 127 cm³/mol. The van der Waals surface area contributed by atoms with Gasteiger partial charge in [0.05, 0.1) is 27.8 Å². The average molecular weight is 481 g/mol. The number of ether oxygens (including phenoxy) is 2. The Balaban J connectivity index is 1.65. The molecule has 3 aromatic rings. The van der Waals surface area contributed by atoms with E-state index in [0.717, 1.165) is 16.7 Å². The molecule has 0 heterocycles. The zero-order chi connectivity index (χ0) is 22.2. The van der Waals surface area contributed by atoms with Gasteiger partial charge in [-0.2, -0.15) is 0 Å². The molecule has 0 aliphatic heterocycles. The van der Waals surface area contributed by atoms with Crippen molar-refractivity contribution in [3.63, 3.8) is 0 Å². The molecule has 0 unspecified atom stereocenters. The van der Waals surface area contributed by atoms with Crippen molar-refractivity contribution in [3.05, 3.63) is 92.4 Å². The van der Waals surface area contributed by atoms with Crippen molar-refractivity contribution in [1.29, 1.82) is 0 Å². The van der Waals surface area contributed by atoms with Gasteiger partial charge < -0.3 is 19.9 Å². The zero-order valence-corrected chi connectivity index (χ0v) is 19.3. The molecule has 0 radical (unpaired) electrons. The fraction of sp³-hybridized carbons (Fsp3) is 0.250. The summed E-state index contributed by atoms with van der Waals surface area (Å²) >= 11 is 18.5. The number of benzene rings is 3. The molecule has 3 rings (SSSR count). The van der Waals surface area contributed by atoms with Gasteiger partial charge in [-0.3, -0.25) is 0 Å². The Morgan fingerprint density at radius 3 is 2.32 bits per heavy atom. The number of rotatable bonds is 10. The molecule has 4 nitrogen and oxygen atoms in total. The van der Waals surface area contributed by atoms with Gasteiger partial charge in [-0.05, 0) is 47.9 Å². The van der Waals surface area contributed by atoms with E-state index in [2.05, 4.69) is 5.32 Å². The summed E-state index contributed by atoms with van der Waals surface area (Å²) < 4.78 is 11.7. The quantitative estimate of drug-likeness (QED) is 0.350. The first kappa shape index (κ1) is 23.7. The molecule has 31 heavy (non-hydrogen) atoms. The summed E-state index contributed by atoms with van der Waals surface area (Å²) in [6, 6.07) is 18.6. The van der Waals surface area contributed by atoms with Gasteiger partial charge in [-0.1, -0.05) is 71.2 Å². The zero-order valence-electron chi connectivity index (χ0n) is 17.1. The van der Waals surface area contributed by atoms with Crippen molar-refractivity contribution in [1.82, 2.24) is 5.32 Å². The van der Waals surface area contributed by atoms with Crippen LogP contribution in [0, 0.1) is 0 Å². The van der Waals surface area contributed by atoms with Crippen molar-refractivity contribution >= 4 is 34.8 Å². The maximum atomic E-state index is 10.3. The predicted octanol–water partition coefficient (Wildman–Crippen LogP) is 6.45. The smallest absolute Gasteiger partial charge is 0.180 e. The van der Waals surface area contributed by atoms with Crippen LogP contribution in [0.15, 0.2) is 60.7 Å². The molecule has 0 amide bonds. The largest absolute Gasteiger partial charge is 0.490 e. The number of hydrogen-bond donors (Lipinski definition) is 2. The molecule has 3 aromatic carbocycles. The SMILES string of the molecule is CCOc1cc(CNC[C@H](O)c2ccccc2)cc(Cl)c1OCc1ccc(Cl)c(Cl)c1. The van der Waals surface area contributed by atoms with Gasteiger partial charge >= 0.3 is 0 Å². The Labute approximate surface area is 197 Å². The molecule has 7 heteroatoms. The lowest BCUT2D eigenvalue weighted by Crippen LogP contribution is -2.21. The highest BCUT2D eigenvalue weighted by Gasteiger charge is 2.14. The Bertz CT molecular complexity index is 999. The molecule has 0 saturated heterocycles. The summed E-state index contributed by atoms with van der Waals surface area (Å²) in [5.74, 6) is 1.04. The average Bonchev–Trinajstić information content (AvgIpc) is 2.76. The summed E-state index contributed by atoms with van der Waals surface area (Å²) in [4.78, 5) is 0. The molecule has 0 aliphatic rings. The maximum absolute atomic E-state index is 10.3. The summed E-state index contributed by atoms with van der Waals surface area (Å²) in [6.07, 6.45) is -0.586. The number of hydrogen-bond acceptors (Lipinski definition) is 4. The first-order chi connectivity index (χ1) is 15.0. The van der Waals surface area contributed by atoms with Gasteiger partial charge in [0.25, 0.3) is 0 Å². The fourth-order valence-corrected chi connectivity index (χ4v) is 3.67. The van der Waals surface area contributed by atoms with Crippen LogP contribution in [-0.4, -0.2) is 18.3 Å². The first-order valence-electron chi connectivity index (χ1n) is 9.93. The van der Waals surface area contributed by atoms with Crippen LogP contribution in [0.1, 0.15) is 29.7 Å². The van der Waals surface area contributed by atoms with Gasteiger partial charge in [-0.15, -0.1) is 0 Å². The lowest BCUT2D eigenvalue weighted by Gasteiger charge is -2.17. The standard InChI is InChI=1S/C24H24Cl3NO3/c1-2-30-23-12-17(13-28-14-22(29)18-6-4-3-5-7-18)11-21(27)24(23)31-15-16-8-9-19(25)20(26)10-16/h3-12,22,28-29H,2,13-15H2,1H3/t22-/m0/s1. The Morgan fingerprint density at radius 1 is 0.871 bits per heavy atom. The maximum Gasteiger partial charge on any atom is 0.180 e. The Morgan fingerprint density at radius 2 is 1.61 bits per heavy atom. The number of nitrogens with one attached hydrogen (secondary N) is 1. The normalized spacial score (nSPS) is 11.9. The van der Waals surface area contributed by atoms with Crippen molar-refractivity contribution in [2.45, 2.75) is 26.2 Å². The van der Waals surface area contributed by atoms with Crippen molar-refractivity contribution in [2.24, 2.45) is 0 Å². The highest BCUT2D eigenvalue weighted by atomic mass is 35.5. The number of aliphatic hydroxyl groups is 1. The molecule has 0 spiro atoms. The fourth-order valence-electron chi connectivity index (χ4n) is 3.06. The molecule has 0 fully saturated rings. The summed E-state index contributed by atoms with van der Waals surface area (Å²) in [5, 5.41) is 15.0. The van der Waals surface area contributed by atoms with E-state index >= 15 is 0 Å². The van der Waals surface area contributed by atoms with E-state index in [1.54, 1.807) is 12.1 Å². The van der Waals surface area contributed by atoms with Crippen LogP contribution >= 0.6 is 34.8 Å². The highest BCUT2D eigenvalue weighted by Crippen LogP contribution is 2.37. The van der Waals surface area contributed by atoms with E-state index in [1.165, 1.54) is 0 Å². The van der Waals surface area contributed by atoms with Gasteiger partial charge in [0.15, 0.2) is 11.5 Å². The van der Waals surface area contributed by atoms with E-state index in [-0.39, 0.29) is 6.61 Å². The minimum Gasteiger partial charge on any atom is -0.490 e. The number of aliphatic hydroxyl groups excluding tert-OH is 1. The van der Waals surface area contributed by atoms with Gasteiger partial charge in [0.1, 0.15) is 6.61 Å². The molecule has 164 valence electrons. The first-order valence-corrected chi connectivity index (χ1v) is 11.1. The third kappa shape index (κ3) is 6.76. The Hall–Kier alpha value is -1.95. The van der Waals surface area contributed by atoms with Gasteiger partial charge in [0.2, 0.25) is 0 Å². The van der Waals surface area contributed by atoms with Crippen LogP contribution in [0.3, 0.4) is 0 Å². The van der Waals surface area contributed by atoms with Crippen LogP contribution in [0.4, 0.5) is 0 Å². The number of halogens is 3. The lowest BCUT2D eigenvalue weighted by atomic mass is 10.1. The van der Waals surface area contributed by atoms with E-state index in [1.807, 2.05) is 55.5 Å². The van der Waals surface area contributed by atoms with Crippen LogP contribution in [-0.2, 0) is 13.2 Å². The van der Waals surface area contributed by atoms with Crippen LogP contribution in [0.25, 0.3) is 0 Å². The second kappa shape index (κ2) is 11.6. The summed E-state index contributed by atoms with van der Waals surface area (Å²) in [6.45, 7) is 3.59. The molecule has 0 bridgehead atoms. The molecular weight excluding hydrogens is 457 g/mol. The molecular formula is C24H24Cl3NO3. The van der Waals surface area contributed by atoms with Gasteiger partial charge in [0, 0.05) is 13.1 Å². The minimum absolute atomic E-state index is 0.275. The van der Waals surface area contributed by atoms with Crippen molar-refractivity contribution in [2.75, 3.05) is 13.2 Å². The van der Waals surface area contributed by atoms with Crippen LogP contribution in [0.2, 0.25) is 15.1 Å². The van der Waals surface area contributed by atoms with Crippen molar-refractivity contribution in [3.8, 4) is 11.5 Å². The molecule has 1 atom stereocenters. The van der Waals surface area contributed by atoms with Crippen LogP contribution in [0.5, 0.6) is 11.5 Å². The summed E-state index contributed by atoms with van der Waals surface area (Å²) in [5.41, 5.74) is 2.67. The van der Waals surface area contributed by atoms with E-state index in [0.29, 0.717) is 46.3 Å². The van der Waals surface area contributed by atoms with E-state index in [4.69, 9.17) is 44.3 Å². The molecule has 0 aromatic heterocycles. The Kier molecular flexibility index (Phi) is 8.88. The third-order valence-corrected chi connectivity index (χ3v) is 5.61. The van der Waals surface area contributed by atoms with E-state index in [9.17, 15) is 5.11 Å². The second-order valence-corrected chi connectivity index (χ2v) is 8.15. The molecule has 2 N–H and O–H groups in total. The highest BCUT2D eigenvalue weighted by molar-refractivity contribution is 6.42. The monoisotopic (exact) mass is 479 g/mol. The van der Waals surface area contributed by atoms with Gasteiger partial charge in [-0.25, -0.2) is 0 Å². The molecule has 0 saturated carbocycles. The van der Waals surface area contributed by atoms with E-state index < -0.39 is 6.10 Å². The summed E-state index contributed by atoms with van der Waals surface area (Å²) in [7, 11) is 0.